The minimum Gasteiger partial charge on any atom is -0.352 e. The molecule has 3 heteroatoms. The van der Waals surface area contributed by atoms with Crippen molar-refractivity contribution >= 4 is 5.91 Å². The molecule has 0 aromatic heterocycles. The van der Waals surface area contributed by atoms with E-state index in [1.165, 1.54) is 38.5 Å². The lowest BCUT2D eigenvalue weighted by Crippen LogP contribution is -2.47. The van der Waals surface area contributed by atoms with Crippen molar-refractivity contribution < 1.29 is 4.79 Å². The largest absolute Gasteiger partial charge is 0.352 e. The van der Waals surface area contributed by atoms with Crippen LogP contribution in [0.4, 0.5) is 0 Å². The van der Waals surface area contributed by atoms with E-state index in [4.69, 9.17) is 5.73 Å². The molecule has 2 atom stereocenters. The molecule has 0 aliphatic heterocycles. The summed E-state index contributed by atoms with van der Waals surface area (Å²) < 4.78 is 0. The van der Waals surface area contributed by atoms with Crippen LogP contribution in [-0.2, 0) is 4.79 Å². The normalized spacial score (nSPS) is 21.4. The zero-order chi connectivity index (χ0) is 13.5. The molecule has 3 nitrogen and oxygen atoms in total. The van der Waals surface area contributed by atoms with Crippen LogP contribution in [0.5, 0.6) is 0 Å². The fourth-order valence-electron chi connectivity index (χ4n) is 2.88. The van der Waals surface area contributed by atoms with Gasteiger partial charge in [0.05, 0.1) is 6.04 Å². The van der Waals surface area contributed by atoms with Gasteiger partial charge in [-0.1, -0.05) is 39.5 Å². The van der Waals surface area contributed by atoms with Crippen LogP contribution in [-0.4, -0.2) is 18.0 Å². The fraction of sp³-hybridized carbons (Fsp3) is 0.933. The Morgan fingerprint density at radius 2 is 1.72 bits per heavy atom. The summed E-state index contributed by atoms with van der Waals surface area (Å²) in [5, 5.41) is 3.12. The van der Waals surface area contributed by atoms with Gasteiger partial charge in [0, 0.05) is 6.04 Å². The first-order valence-corrected chi connectivity index (χ1v) is 7.56. The molecule has 0 radical (unpaired) electrons. The third-order valence-corrected chi connectivity index (χ3v) is 4.04. The van der Waals surface area contributed by atoms with Gasteiger partial charge >= 0.3 is 0 Å². The van der Waals surface area contributed by atoms with Crippen molar-refractivity contribution in [3.8, 4) is 0 Å². The zero-order valence-corrected chi connectivity index (χ0v) is 12.2. The second-order valence-electron chi connectivity index (χ2n) is 6.28. The summed E-state index contributed by atoms with van der Waals surface area (Å²) in [6, 6.07) is -0.0768. The van der Waals surface area contributed by atoms with Crippen LogP contribution in [0.3, 0.4) is 0 Å². The van der Waals surface area contributed by atoms with E-state index < -0.39 is 0 Å². The number of amides is 1. The van der Waals surface area contributed by atoms with Gasteiger partial charge in [-0.25, -0.2) is 0 Å². The predicted molar refractivity (Wildman–Crippen MR) is 76.2 cm³/mol. The van der Waals surface area contributed by atoms with E-state index in [0.717, 1.165) is 6.42 Å². The Hall–Kier alpha value is -0.570. The summed E-state index contributed by atoms with van der Waals surface area (Å²) in [6.45, 7) is 6.33. The maximum atomic E-state index is 12.0. The van der Waals surface area contributed by atoms with Crippen molar-refractivity contribution in [1.29, 1.82) is 0 Å². The van der Waals surface area contributed by atoms with E-state index in [-0.39, 0.29) is 18.0 Å². The predicted octanol–water partition coefficient (Wildman–Crippen LogP) is 2.83. The van der Waals surface area contributed by atoms with E-state index in [2.05, 4.69) is 26.1 Å². The molecule has 3 N–H and O–H groups in total. The second-order valence-corrected chi connectivity index (χ2v) is 6.28. The molecule has 1 amide bonds. The van der Waals surface area contributed by atoms with Gasteiger partial charge in [-0.3, -0.25) is 4.79 Å². The van der Waals surface area contributed by atoms with E-state index in [1.54, 1.807) is 0 Å². The molecule has 1 fully saturated rings. The van der Waals surface area contributed by atoms with E-state index in [9.17, 15) is 4.79 Å². The fourth-order valence-corrected chi connectivity index (χ4v) is 2.88. The standard InChI is InChI=1S/C15H30N2O/c1-11(2)10-14(16)15(18)17-12(3)13-8-6-4-5-7-9-13/h11-14H,4-10,16H2,1-3H3,(H,17,18)/t12-,14-/m1/s1. The van der Waals surface area contributed by atoms with Crippen LogP contribution >= 0.6 is 0 Å². The van der Waals surface area contributed by atoms with Crippen LogP contribution in [0.15, 0.2) is 0 Å². The quantitative estimate of drug-likeness (QED) is 0.741. The summed E-state index contributed by atoms with van der Waals surface area (Å²) in [4.78, 5) is 12.0. The van der Waals surface area contributed by atoms with Crippen molar-refractivity contribution in [3.63, 3.8) is 0 Å². The number of hydrogen-bond donors (Lipinski definition) is 2. The lowest BCUT2D eigenvalue weighted by molar-refractivity contribution is -0.123. The molecule has 0 bridgehead atoms. The van der Waals surface area contributed by atoms with Gasteiger partial charge in [0.2, 0.25) is 5.91 Å². The van der Waals surface area contributed by atoms with Gasteiger partial charge in [0.15, 0.2) is 0 Å². The highest BCUT2D eigenvalue weighted by molar-refractivity contribution is 5.81. The number of nitrogens with one attached hydrogen (secondary N) is 1. The topological polar surface area (TPSA) is 55.1 Å². The van der Waals surface area contributed by atoms with Crippen molar-refractivity contribution in [3.05, 3.63) is 0 Å². The smallest absolute Gasteiger partial charge is 0.237 e. The van der Waals surface area contributed by atoms with Gasteiger partial charge in [-0.05, 0) is 38.0 Å². The molecule has 0 heterocycles. The Labute approximate surface area is 112 Å². The molecule has 0 saturated heterocycles. The number of rotatable bonds is 5. The summed E-state index contributed by atoms with van der Waals surface area (Å²) in [6.07, 6.45) is 8.59. The molecule has 0 aromatic rings. The Bertz CT molecular complexity index is 245. The highest BCUT2D eigenvalue weighted by Gasteiger charge is 2.23. The molecule has 0 aromatic carbocycles. The molecular weight excluding hydrogens is 224 g/mol. The minimum absolute atomic E-state index is 0.0282. The van der Waals surface area contributed by atoms with Crippen LogP contribution < -0.4 is 11.1 Å². The SMILES string of the molecule is CC(C)C[C@@H](N)C(=O)N[C@H](C)C1CCCCCC1. The van der Waals surface area contributed by atoms with E-state index >= 15 is 0 Å². The zero-order valence-electron chi connectivity index (χ0n) is 12.2. The van der Waals surface area contributed by atoms with Crippen LogP contribution in [0.1, 0.15) is 65.7 Å². The van der Waals surface area contributed by atoms with E-state index in [0.29, 0.717) is 11.8 Å². The molecule has 18 heavy (non-hydrogen) atoms. The Balaban J connectivity index is 2.37. The monoisotopic (exact) mass is 254 g/mol. The van der Waals surface area contributed by atoms with Crippen LogP contribution in [0, 0.1) is 11.8 Å². The Kier molecular flexibility index (Phi) is 6.69. The van der Waals surface area contributed by atoms with Crippen molar-refractivity contribution in [2.45, 2.75) is 77.8 Å². The van der Waals surface area contributed by atoms with Crippen LogP contribution in [0.2, 0.25) is 0 Å². The molecule has 1 saturated carbocycles. The number of hydrogen-bond acceptors (Lipinski definition) is 2. The van der Waals surface area contributed by atoms with Gasteiger partial charge in [-0.15, -0.1) is 0 Å². The van der Waals surface area contributed by atoms with Gasteiger partial charge < -0.3 is 11.1 Å². The first-order chi connectivity index (χ1) is 8.50. The first kappa shape index (κ1) is 15.5. The Morgan fingerprint density at radius 3 is 2.22 bits per heavy atom. The first-order valence-electron chi connectivity index (χ1n) is 7.56. The second kappa shape index (κ2) is 7.78. The number of nitrogens with two attached hydrogens (primary N) is 1. The summed E-state index contributed by atoms with van der Waals surface area (Å²) >= 11 is 0. The maximum Gasteiger partial charge on any atom is 0.237 e. The average Bonchev–Trinajstić information content (AvgIpc) is 2.56. The third kappa shape index (κ3) is 5.38. The van der Waals surface area contributed by atoms with Gasteiger partial charge in [-0.2, -0.15) is 0 Å². The van der Waals surface area contributed by atoms with E-state index in [1.807, 2.05) is 0 Å². The van der Waals surface area contributed by atoms with Crippen molar-refractivity contribution in [2.75, 3.05) is 0 Å². The highest BCUT2D eigenvalue weighted by atomic mass is 16.2. The molecular formula is C15H30N2O. The molecule has 0 spiro atoms. The van der Waals surface area contributed by atoms with Crippen LogP contribution in [0.25, 0.3) is 0 Å². The summed E-state index contributed by atoms with van der Waals surface area (Å²) in [5.41, 5.74) is 5.91. The molecule has 0 unspecified atom stereocenters. The molecule has 1 aliphatic rings. The number of carbonyl (C=O) groups is 1. The molecule has 1 aliphatic carbocycles. The lowest BCUT2D eigenvalue weighted by atomic mass is 9.92. The van der Waals surface area contributed by atoms with Gasteiger partial charge in [0.1, 0.15) is 0 Å². The van der Waals surface area contributed by atoms with Crippen molar-refractivity contribution in [1.82, 2.24) is 5.32 Å². The summed E-state index contributed by atoms with van der Waals surface area (Å²) in [5.74, 6) is 1.14. The molecule has 106 valence electrons. The lowest BCUT2D eigenvalue weighted by Gasteiger charge is -2.25. The third-order valence-electron chi connectivity index (χ3n) is 4.04. The summed E-state index contributed by atoms with van der Waals surface area (Å²) in [7, 11) is 0. The average molecular weight is 254 g/mol. The minimum atomic E-state index is -0.349. The van der Waals surface area contributed by atoms with Gasteiger partial charge in [0.25, 0.3) is 0 Å². The number of carbonyl (C=O) groups excluding carboxylic acids is 1. The van der Waals surface area contributed by atoms with Crippen molar-refractivity contribution in [2.24, 2.45) is 17.6 Å². The highest BCUT2D eigenvalue weighted by Crippen LogP contribution is 2.25. The molecule has 1 rings (SSSR count). The maximum absolute atomic E-state index is 12.0. The Morgan fingerprint density at radius 1 is 1.17 bits per heavy atom.